The fraction of sp³-hybridized carbons (Fsp3) is 0.125. The number of nitrogens with zero attached hydrogens (tertiary/aromatic N) is 2. The summed E-state index contributed by atoms with van der Waals surface area (Å²) < 4.78 is 0. The van der Waals surface area contributed by atoms with Crippen LogP contribution < -0.4 is 21.7 Å². The molecule has 0 saturated carbocycles. The maximum Gasteiger partial charge on any atom is 0.279 e. The summed E-state index contributed by atoms with van der Waals surface area (Å²) in [6, 6.07) is 0. The lowest BCUT2D eigenvalue weighted by Gasteiger charge is -2.26. The van der Waals surface area contributed by atoms with E-state index in [0.717, 1.165) is 6.08 Å². The second kappa shape index (κ2) is 4.54. The lowest BCUT2D eigenvalue weighted by Crippen LogP contribution is -2.47. The van der Waals surface area contributed by atoms with Crippen molar-refractivity contribution in [2.75, 3.05) is 0 Å². The molecule has 2 unspecified atom stereocenters. The van der Waals surface area contributed by atoms with Crippen molar-refractivity contribution in [2.45, 2.75) is 5.92 Å². The quantitative estimate of drug-likeness (QED) is 0.529. The first-order valence-electron chi connectivity index (χ1n) is 6.94. The van der Waals surface area contributed by atoms with Gasteiger partial charge in [0.15, 0.2) is 0 Å². The number of hydrogen-bond acceptors (Lipinski definition) is 8. The Kier molecular flexibility index (Phi) is 2.69. The fourth-order valence-electron chi connectivity index (χ4n) is 2.95. The van der Waals surface area contributed by atoms with Crippen LogP contribution in [0.5, 0.6) is 0 Å². The van der Waals surface area contributed by atoms with Crippen LogP contribution in [-0.2, 0) is 9.59 Å². The first-order chi connectivity index (χ1) is 11.4. The molecule has 2 aliphatic rings. The van der Waals surface area contributed by atoms with Crippen LogP contribution in [0.3, 0.4) is 0 Å². The van der Waals surface area contributed by atoms with E-state index in [0.29, 0.717) is 0 Å². The van der Waals surface area contributed by atoms with Crippen molar-refractivity contribution in [3.05, 3.63) is 70.5 Å². The first kappa shape index (κ1) is 14.2. The van der Waals surface area contributed by atoms with Crippen molar-refractivity contribution in [1.82, 2.24) is 9.97 Å². The minimum Gasteiger partial charge on any atom is -0.290 e. The van der Waals surface area contributed by atoms with E-state index in [4.69, 9.17) is 0 Å². The molecule has 2 aromatic rings. The van der Waals surface area contributed by atoms with Crippen molar-refractivity contribution in [3.8, 4) is 0 Å². The third kappa shape index (κ3) is 1.67. The lowest BCUT2D eigenvalue weighted by atomic mass is 9.77. The van der Waals surface area contributed by atoms with Gasteiger partial charge in [-0.2, -0.15) is 0 Å². The van der Waals surface area contributed by atoms with Crippen LogP contribution in [0.4, 0.5) is 0 Å². The highest BCUT2D eigenvalue weighted by Crippen LogP contribution is 2.36. The van der Waals surface area contributed by atoms with Gasteiger partial charge in [-0.15, -0.1) is 0 Å². The van der Waals surface area contributed by atoms with E-state index in [-0.39, 0.29) is 11.4 Å². The van der Waals surface area contributed by atoms with E-state index < -0.39 is 56.2 Å². The molecular formula is C16H6N2O6. The predicted molar refractivity (Wildman–Crippen MR) is 81.4 cm³/mol. The number of carbonyl (C=O) groups is 2. The lowest BCUT2D eigenvalue weighted by molar-refractivity contribution is -0.136. The molecule has 0 N–H and O–H groups in total. The Morgan fingerprint density at radius 1 is 0.667 bits per heavy atom. The molecule has 8 heteroatoms. The zero-order valence-electron chi connectivity index (χ0n) is 11.8. The first-order valence-corrected chi connectivity index (χ1v) is 6.94. The molecule has 1 aromatic heterocycles. The molecule has 0 radical (unpaired) electrons. The molecule has 0 saturated heterocycles. The van der Waals surface area contributed by atoms with Crippen molar-refractivity contribution < 1.29 is 9.59 Å². The summed E-state index contributed by atoms with van der Waals surface area (Å²) in [6.07, 6.45) is 5.47. The molecule has 4 rings (SSSR count). The van der Waals surface area contributed by atoms with Gasteiger partial charge in [0.2, 0.25) is 11.6 Å². The number of rotatable bonds is 0. The third-order valence-corrected chi connectivity index (χ3v) is 4.16. The van der Waals surface area contributed by atoms with Gasteiger partial charge in [0.1, 0.15) is 11.0 Å². The standard InChI is InChI=1S/C16H6N2O6/c19-8-4-2-5-6(12(8)20)1-3-7-9(5)18-11-10(17-7)13(21)15(23)16(24)14(11)22/h1-6H. The summed E-state index contributed by atoms with van der Waals surface area (Å²) >= 11 is 0. The van der Waals surface area contributed by atoms with E-state index >= 15 is 0 Å². The average molecular weight is 322 g/mol. The van der Waals surface area contributed by atoms with Crippen molar-refractivity contribution in [2.24, 2.45) is 5.92 Å². The summed E-state index contributed by atoms with van der Waals surface area (Å²) in [7, 11) is 0. The Morgan fingerprint density at radius 2 is 1.25 bits per heavy atom. The Bertz CT molecular complexity index is 1230. The second-order valence-electron chi connectivity index (χ2n) is 5.51. The van der Waals surface area contributed by atoms with Crippen LogP contribution in [0, 0.1) is 5.92 Å². The van der Waals surface area contributed by atoms with Gasteiger partial charge in [-0.3, -0.25) is 28.8 Å². The highest BCUT2D eigenvalue weighted by molar-refractivity contribution is 6.43. The van der Waals surface area contributed by atoms with Crippen molar-refractivity contribution >= 4 is 28.7 Å². The van der Waals surface area contributed by atoms with Crippen LogP contribution in [0.25, 0.3) is 17.1 Å². The van der Waals surface area contributed by atoms with E-state index in [9.17, 15) is 28.8 Å². The molecule has 116 valence electrons. The van der Waals surface area contributed by atoms with Gasteiger partial charge in [-0.05, 0) is 12.2 Å². The average Bonchev–Trinajstić information content (AvgIpc) is 2.59. The molecule has 0 fully saturated rings. The van der Waals surface area contributed by atoms with E-state index in [2.05, 4.69) is 9.97 Å². The fourth-order valence-corrected chi connectivity index (χ4v) is 2.95. The van der Waals surface area contributed by atoms with Gasteiger partial charge in [-0.25, -0.2) is 9.97 Å². The van der Waals surface area contributed by atoms with Gasteiger partial charge < -0.3 is 0 Å². The number of benzene rings is 1. The third-order valence-electron chi connectivity index (χ3n) is 4.16. The van der Waals surface area contributed by atoms with Crippen molar-refractivity contribution in [3.63, 3.8) is 0 Å². The van der Waals surface area contributed by atoms with E-state index in [1.165, 1.54) is 18.2 Å². The number of Topliss-reactive ketones (excluding diaryl/α,β-unsaturated/α-hetero) is 1. The molecule has 0 aliphatic heterocycles. The van der Waals surface area contributed by atoms with Gasteiger partial charge in [0.25, 0.3) is 21.7 Å². The van der Waals surface area contributed by atoms with E-state index in [1.807, 2.05) is 0 Å². The number of ketones is 2. The van der Waals surface area contributed by atoms with Crippen LogP contribution in [0.2, 0.25) is 0 Å². The van der Waals surface area contributed by atoms with Gasteiger partial charge in [0, 0.05) is 5.92 Å². The zero-order valence-corrected chi connectivity index (χ0v) is 11.8. The number of allylic oxidation sites excluding steroid dienone is 3. The van der Waals surface area contributed by atoms with E-state index in [1.54, 1.807) is 0 Å². The molecule has 1 aromatic carbocycles. The number of fused-ring (bicyclic) bond motifs is 4. The molecule has 2 atom stereocenters. The zero-order chi connectivity index (χ0) is 17.2. The van der Waals surface area contributed by atoms with Crippen LogP contribution >= 0.6 is 0 Å². The Labute approximate surface area is 131 Å². The van der Waals surface area contributed by atoms with Crippen molar-refractivity contribution in [1.29, 1.82) is 0 Å². The maximum absolute atomic E-state index is 12.0. The molecule has 0 bridgehead atoms. The largest absolute Gasteiger partial charge is 0.290 e. The molecule has 0 amide bonds. The molecule has 0 spiro atoms. The number of carbonyl (C=O) groups excluding carboxylic acids is 2. The maximum atomic E-state index is 12.0. The highest BCUT2D eigenvalue weighted by atomic mass is 16.2. The molecule has 2 aliphatic carbocycles. The normalized spacial score (nSPS) is 21.8. The number of hydrogen-bond donors (Lipinski definition) is 0. The Hall–Kier alpha value is -3.42. The summed E-state index contributed by atoms with van der Waals surface area (Å²) in [4.78, 5) is 78.3. The molecule has 8 nitrogen and oxygen atoms in total. The highest BCUT2D eigenvalue weighted by Gasteiger charge is 2.37. The monoisotopic (exact) mass is 322 g/mol. The van der Waals surface area contributed by atoms with Crippen LogP contribution in [0.1, 0.15) is 17.3 Å². The number of aromatic nitrogens is 2. The molecule has 24 heavy (non-hydrogen) atoms. The molecule has 1 heterocycles. The predicted octanol–water partition coefficient (Wildman–Crippen LogP) is -1.62. The Balaban J connectivity index is 2.11. The topological polar surface area (TPSA) is 128 Å². The van der Waals surface area contributed by atoms with Gasteiger partial charge >= 0.3 is 0 Å². The summed E-state index contributed by atoms with van der Waals surface area (Å²) in [5.74, 6) is -2.64. The summed E-state index contributed by atoms with van der Waals surface area (Å²) in [5, 5.41) is 0. The SMILES string of the molecule is O=C1C=CC2c3nc4c(=O)c(=O)c(=O)c(=O)c4nc3C=CC2C1=O. The summed E-state index contributed by atoms with van der Waals surface area (Å²) in [6.45, 7) is 0. The Morgan fingerprint density at radius 3 is 1.92 bits per heavy atom. The minimum atomic E-state index is -1.45. The van der Waals surface area contributed by atoms with Gasteiger partial charge in [-0.1, -0.05) is 12.2 Å². The second-order valence-corrected chi connectivity index (χ2v) is 5.51. The van der Waals surface area contributed by atoms with Crippen LogP contribution in [-0.4, -0.2) is 21.5 Å². The summed E-state index contributed by atoms with van der Waals surface area (Å²) in [5.41, 5.74) is -5.78. The smallest absolute Gasteiger partial charge is 0.279 e. The minimum absolute atomic E-state index is 0.210. The van der Waals surface area contributed by atoms with Crippen LogP contribution in [0.15, 0.2) is 37.4 Å². The molecular weight excluding hydrogens is 316 g/mol. The van der Waals surface area contributed by atoms with Gasteiger partial charge in [0.05, 0.1) is 17.3 Å².